The molecule has 0 spiro atoms. The van der Waals surface area contributed by atoms with Crippen molar-refractivity contribution in [3.8, 4) is 5.75 Å². The predicted molar refractivity (Wildman–Crippen MR) is 65.3 cm³/mol. The van der Waals surface area contributed by atoms with E-state index in [0.717, 1.165) is 25.1 Å². The fourth-order valence-electron chi connectivity index (χ4n) is 2.10. The maximum atomic E-state index is 5.41. The van der Waals surface area contributed by atoms with Gasteiger partial charge in [-0.3, -0.25) is 0 Å². The SMILES string of the molecule is CCC1Cc2c(OC)ccc(Br)c2CN1. The monoisotopic (exact) mass is 269 g/mol. The standard InChI is InChI=1S/C12H16BrNO/c1-3-8-6-9-10(7-14-8)11(13)4-5-12(9)15-2/h4-5,8,14H,3,6-7H2,1-2H3. The minimum absolute atomic E-state index is 0.584. The van der Waals surface area contributed by atoms with Gasteiger partial charge in [0.15, 0.2) is 0 Å². The molecule has 0 amide bonds. The Kier molecular flexibility index (Phi) is 3.32. The second-order valence-corrected chi connectivity index (χ2v) is 4.75. The molecule has 0 aliphatic carbocycles. The highest BCUT2D eigenvalue weighted by Crippen LogP contribution is 2.32. The van der Waals surface area contributed by atoms with E-state index in [1.807, 2.05) is 6.07 Å². The fraction of sp³-hybridized carbons (Fsp3) is 0.500. The zero-order chi connectivity index (χ0) is 10.8. The Balaban J connectivity index is 2.41. The molecule has 3 heteroatoms. The van der Waals surface area contributed by atoms with Gasteiger partial charge in [-0.1, -0.05) is 22.9 Å². The third kappa shape index (κ3) is 2.04. The van der Waals surface area contributed by atoms with Crippen molar-refractivity contribution in [2.45, 2.75) is 32.4 Å². The molecule has 1 unspecified atom stereocenters. The number of halogens is 1. The van der Waals surface area contributed by atoms with E-state index in [2.05, 4.69) is 34.2 Å². The number of hydrogen-bond donors (Lipinski definition) is 1. The van der Waals surface area contributed by atoms with E-state index in [4.69, 9.17) is 4.74 Å². The Hall–Kier alpha value is -0.540. The van der Waals surface area contributed by atoms with Gasteiger partial charge in [0.05, 0.1) is 7.11 Å². The first kappa shape index (κ1) is 11.0. The van der Waals surface area contributed by atoms with Crippen LogP contribution in [0.1, 0.15) is 24.5 Å². The molecule has 82 valence electrons. The minimum Gasteiger partial charge on any atom is -0.496 e. The molecule has 1 aromatic rings. The largest absolute Gasteiger partial charge is 0.496 e. The van der Waals surface area contributed by atoms with Gasteiger partial charge in [-0.15, -0.1) is 0 Å². The van der Waals surface area contributed by atoms with Gasteiger partial charge in [0.2, 0.25) is 0 Å². The van der Waals surface area contributed by atoms with E-state index in [9.17, 15) is 0 Å². The van der Waals surface area contributed by atoms with Crippen LogP contribution in [0.3, 0.4) is 0 Å². The van der Waals surface area contributed by atoms with Gasteiger partial charge in [-0.2, -0.15) is 0 Å². The number of hydrogen-bond acceptors (Lipinski definition) is 2. The average Bonchev–Trinajstić information content (AvgIpc) is 2.29. The Morgan fingerprint density at radius 1 is 1.47 bits per heavy atom. The van der Waals surface area contributed by atoms with Crippen LogP contribution in [0.15, 0.2) is 16.6 Å². The molecule has 1 aliphatic heterocycles. The molecule has 1 N–H and O–H groups in total. The van der Waals surface area contributed by atoms with E-state index in [-0.39, 0.29) is 0 Å². The molecule has 0 saturated carbocycles. The first-order chi connectivity index (χ1) is 7.26. The van der Waals surface area contributed by atoms with Crippen LogP contribution >= 0.6 is 15.9 Å². The Labute approximate surface area is 99.1 Å². The molecule has 0 radical (unpaired) electrons. The molecule has 15 heavy (non-hydrogen) atoms. The van der Waals surface area contributed by atoms with Gasteiger partial charge < -0.3 is 10.1 Å². The van der Waals surface area contributed by atoms with Crippen LogP contribution in [0.5, 0.6) is 5.75 Å². The molecule has 1 atom stereocenters. The Morgan fingerprint density at radius 2 is 2.27 bits per heavy atom. The lowest BCUT2D eigenvalue weighted by Gasteiger charge is -2.27. The first-order valence-corrected chi connectivity index (χ1v) is 6.13. The number of ether oxygens (including phenoxy) is 1. The molecule has 2 rings (SSSR count). The van der Waals surface area contributed by atoms with Crippen molar-refractivity contribution in [1.82, 2.24) is 5.32 Å². The summed E-state index contributed by atoms with van der Waals surface area (Å²) in [6, 6.07) is 4.69. The van der Waals surface area contributed by atoms with Crippen LogP contribution in [-0.2, 0) is 13.0 Å². The van der Waals surface area contributed by atoms with Crippen molar-refractivity contribution in [1.29, 1.82) is 0 Å². The molecule has 0 saturated heterocycles. The number of nitrogens with one attached hydrogen (secondary N) is 1. The van der Waals surface area contributed by atoms with E-state index < -0.39 is 0 Å². The summed E-state index contributed by atoms with van der Waals surface area (Å²) < 4.78 is 6.59. The normalized spacial score (nSPS) is 19.8. The van der Waals surface area contributed by atoms with Crippen LogP contribution < -0.4 is 10.1 Å². The van der Waals surface area contributed by atoms with Crippen molar-refractivity contribution in [3.63, 3.8) is 0 Å². The van der Waals surface area contributed by atoms with Crippen molar-refractivity contribution in [3.05, 3.63) is 27.7 Å². The van der Waals surface area contributed by atoms with Crippen molar-refractivity contribution in [2.24, 2.45) is 0 Å². The first-order valence-electron chi connectivity index (χ1n) is 5.33. The molecule has 1 aliphatic rings. The number of fused-ring (bicyclic) bond motifs is 1. The fourth-order valence-corrected chi connectivity index (χ4v) is 2.61. The number of methoxy groups -OCH3 is 1. The molecule has 0 bridgehead atoms. The summed E-state index contributed by atoms with van der Waals surface area (Å²) >= 11 is 3.59. The van der Waals surface area contributed by atoms with Crippen molar-refractivity contribution in [2.75, 3.05) is 7.11 Å². The summed E-state index contributed by atoms with van der Waals surface area (Å²) in [5.74, 6) is 1.02. The Morgan fingerprint density at radius 3 is 2.93 bits per heavy atom. The maximum Gasteiger partial charge on any atom is 0.122 e. The van der Waals surface area contributed by atoms with Gasteiger partial charge >= 0.3 is 0 Å². The quantitative estimate of drug-likeness (QED) is 0.892. The van der Waals surface area contributed by atoms with Gasteiger partial charge in [0.25, 0.3) is 0 Å². The molecular weight excluding hydrogens is 254 g/mol. The maximum absolute atomic E-state index is 5.41. The highest BCUT2D eigenvalue weighted by atomic mass is 79.9. The average molecular weight is 270 g/mol. The molecule has 0 fully saturated rings. The van der Waals surface area contributed by atoms with Gasteiger partial charge in [-0.05, 0) is 30.5 Å². The van der Waals surface area contributed by atoms with Crippen LogP contribution in [0.2, 0.25) is 0 Å². The van der Waals surface area contributed by atoms with Gasteiger partial charge in [0, 0.05) is 22.6 Å². The van der Waals surface area contributed by atoms with Crippen molar-refractivity contribution < 1.29 is 4.74 Å². The summed E-state index contributed by atoms with van der Waals surface area (Å²) in [6.07, 6.45) is 2.23. The van der Waals surface area contributed by atoms with Crippen LogP contribution in [0, 0.1) is 0 Å². The summed E-state index contributed by atoms with van der Waals surface area (Å²) in [4.78, 5) is 0. The molecule has 2 nitrogen and oxygen atoms in total. The lowest BCUT2D eigenvalue weighted by atomic mass is 9.94. The van der Waals surface area contributed by atoms with Gasteiger partial charge in [0.1, 0.15) is 5.75 Å². The zero-order valence-electron chi connectivity index (χ0n) is 9.14. The van der Waals surface area contributed by atoms with E-state index in [1.54, 1.807) is 7.11 Å². The second kappa shape index (κ2) is 4.54. The lowest BCUT2D eigenvalue weighted by Crippen LogP contribution is -2.35. The number of rotatable bonds is 2. The molecule has 0 aromatic heterocycles. The third-order valence-electron chi connectivity index (χ3n) is 3.06. The summed E-state index contributed by atoms with van der Waals surface area (Å²) in [6.45, 7) is 3.15. The minimum atomic E-state index is 0.584. The zero-order valence-corrected chi connectivity index (χ0v) is 10.7. The van der Waals surface area contributed by atoms with Gasteiger partial charge in [-0.25, -0.2) is 0 Å². The third-order valence-corrected chi connectivity index (χ3v) is 3.80. The summed E-state index contributed by atoms with van der Waals surface area (Å²) in [5, 5.41) is 3.53. The lowest BCUT2D eigenvalue weighted by molar-refractivity contribution is 0.393. The highest BCUT2D eigenvalue weighted by molar-refractivity contribution is 9.10. The predicted octanol–water partition coefficient (Wildman–Crippen LogP) is 2.88. The summed E-state index contributed by atoms with van der Waals surface area (Å²) in [7, 11) is 1.74. The van der Waals surface area contributed by atoms with Crippen molar-refractivity contribution >= 4 is 15.9 Å². The van der Waals surface area contributed by atoms with Crippen LogP contribution in [0.4, 0.5) is 0 Å². The summed E-state index contributed by atoms with van der Waals surface area (Å²) in [5.41, 5.74) is 2.71. The highest BCUT2D eigenvalue weighted by Gasteiger charge is 2.21. The van der Waals surface area contributed by atoms with E-state index in [1.165, 1.54) is 15.6 Å². The molecular formula is C12H16BrNO. The second-order valence-electron chi connectivity index (χ2n) is 3.90. The van der Waals surface area contributed by atoms with Crippen LogP contribution in [-0.4, -0.2) is 13.2 Å². The van der Waals surface area contributed by atoms with E-state index >= 15 is 0 Å². The van der Waals surface area contributed by atoms with Crippen LogP contribution in [0.25, 0.3) is 0 Å². The Bertz CT molecular complexity index is 365. The smallest absolute Gasteiger partial charge is 0.122 e. The molecule has 1 heterocycles. The topological polar surface area (TPSA) is 21.3 Å². The van der Waals surface area contributed by atoms with E-state index in [0.29, 0.717) is 6.04 Å². The number of benzene rings is 1. The molecule has 1 aromatic carbocycles.